The lowest BCUT2D eigenvalue weighted by atomic mass is 9.97. The maximum absolute atomic E-state index is 13.2. The molecule has 2 aliphatic rings. The standard InChI is InChI=1S/C21H28N4O5S/c1-14-10-17-18(29-13-21(26)25(17)12-20-22-15(2)30-23-20)11-19(14)31(27,28)24-16-8-6-4-3-5-7-9-16/h10-11,16,24H,3-9,12-13H2,1-2H3. The van der Waals surface area contributed by atoms with E-state index < -0.39 is 10.0 Å². The lowest BCUT2D eigenvalue weighted by Crippen LogP contribution is -2.39. The highest BCUT2D eigenvalue weighted by Gasteiger charge is 2.31. The van der Waals surface area contributed by atoms with E-state index >= 15 is 0 Å². The molecule has 0 bridgehead atoms. The topological polar surface area (TPSA) is 115 Å². The van der Waals surface area contributed by atoms with Crippen molar-refractivity contribution in [1.29, 1.82) is 0 Å². The molecular weight excluding hydrogens is 420 g/mol. The summed E-state index contributed by atoms with van der Waals surface area (Å²) in [6.07, 6.45) is 7.29. The van der Waals surface area contributed by atoms with Gasteiger partial charge in [0.25, 0.3) is 5.91 Å². The molecule has 0 unspecified atom stereocenters. The Balaban J connectivity index is 1.60. The molecule has 1 aromatic carbocycles. The maximum atomic E-state index is 13.2. The van der Waals surface area contributed by atoms with E-state index in [9.17, 15) is 13.2 Å². The number of aryl methyl sites for hydroxylation is 2. The number of aromatic nitrogens is 2. The van der Waals surface area contributed by atoms with Gasteiger partial charge in [0, 0.05) is 19.0 Å². The fourth-order valence-corrected chi connectivity index (χ4v) is 5.75. The number of anilines is 1. The summed E-state index contributed by atoms with van der Waals surface area (Å²) in [5.74, 6) is 0.883. The summed E-state index contributed by atoms with van der Waals surface area (Å²) in [6.45, 7) is 3.35. The van der Waals surface area contributed by atoms with Crippen LogP contribution in [-0.4, -0.2) is 37.1 Å². The van der Waals surface area contributed by atoms with E-state index in [2.05, 4.69) is 14.9 Å². The van der Waals surface area contributed by atoms with Gasteiger partial charge < -0.3 is 9.26 Å². The van der Waals surface area contributed by atoms with Gasteiger partial charge in [0.2, 0.25) is 15.9 Å². The molecule has 2 aromatic rings. The Hall–Kier alpha value is -2.46. The molecule has 10 heteroatoms. The Bertz CT molecular complexity index is 1060. The minimum atomic E-state index is -3.71. The Morgan fingerprint density at radius 2 is 1.84 bits per heavy atom. The second-order valence-corrected chi connectivity index (χ2v) is 9.93. The predicted octanol–water partition coefficient (Wildman–Crippen LogP) is 3.00. The van der Waals surface area contributed by atoms with Gasteiger partial charge >= 0.3 is 0 Å². The number of nitrogens with one attached hydrogen (secondary N) is 1. The van der Waals surface area contributed by atoms with Gasteiger partial charge in [0.05, 0.1) is 17.1 Å². The van der Waals surface area contributed by atoms with Gasteiger partial charge in [-0.05, 0) is 31.4 Å². The van der Waals surface area contributed by atoms with E-state index in [4.69, 9.17) is 9.26 Å². The van der Waals surface area contributed by atoms with Crippen molar-refractivity contribution in [2.45, 2.75) is 76.3 Å². The van der Waals surface area contributed by atoms with Crippen molar-refractivity contribution in [1.82, 2.24) is 14.9 Å². The summed E-state index contributed by atoms with van der Waals surface area (Å²) >= 11 is 0. The van der Waals surface area contributed by atoms with E-state index in [-0.39, 0.29) is 30.0 Å². The largest absolute Gasteiger partial charge is 0.482 e. The van der Waals surface area contributed by atoms with Gasteiger partial charge in [0.1, 0.15) is 5.75 Å². The van der Waals surface area contributed by atoms with Crippen LogP contribution in [0.4, 0.5) is 5.69 Å². The minimum Gasteiger partial charge on any atom is -0.482 e. The molecule has 168 valence electrons. The van der Waals surface area contributed by atoms with Crippen molar-refractivity contribution >= 4 is 21.6 Å². The number of carbonyl (C=O) groups is 1. The van der Waals surface area contributed by atoms with Crippen LogP contribution in [0.5, 0.6) is 5.75 Å². The van der Waals surface area contributed by atoms with Crippen LogP contribution in [0.2, 0.25) is 0 Å². The predicted molar refractivity (Wildman–Crippen MR) is 113 cm³/mol. The molecule has 9 nitrogen and oxygen atoms in total. The van der Waals surface area contributed by atoms with Gasteiger partial charge in [-0.3, -0.25) is 9.69 Å². The first-order valence-corrected chi connectivity index (χ1v) is 12.2. The Morgan fingerprint density at radius 3 is 2.52 bits per heavy atom. The SMILES string of the molecule is Cc1nc(CN2C(=O)COc3cc(S(=O)(=O)NC4CCCCCCC4)c(C)cc32)no1. The van der Waals surface area contributed by atoms with Crippen LogP contribution in [0.25, 0.3) is 0 Å². The van der Waals surface area contributed by atoms with E-state index in [0.717, 1.165) is 38.5 Å². The van der Waals surface area contributed by atoms with Crippen LogP contribution in [0.1, 0.15) is 62.2 Å². The molecule has 4 rings (SSSR count). The van der Waals surface area contributed by atoms with Crippen LogP contribution in [0.15, 0.2) is 21.6 Å². The molecule has 2 heterocycles. The van der Waals surface area contributed by atoms with Crippen LogP contribution < -0.4 is 14.4 Å². The van der Waals surface area contributed by atoms with Crippen LogP contribution in [-0.2, 0) is 21.4 Å². The number of hydrogen-bond acceptors (Lipinski definition) is 7. The molecule has 0 atom stereocenters. The molecule has 0 radical (unpaired) electrons. The van der Waals surface area contributed by atoms with Crippen molar-refractivity contribution in [3.8, 4) is 5.75 Å². The van der Waals surface area contributed by atoms with Crippen molar-refractivity contribution in [3.63, 3.8) is 0 Å². The molecule has 0 saturated heterocycles. The van der Waals surface area contributed by atoms with Gasteiger partial charge in [-0.1, -0.05) is 37.3 Å². The highest BCUT2D eigenvalue weighted by atomic mass is 32.2. The average Bonchev–Trinajstić information content (AvgIpc) is 3.10. The fraction of sp³-hybridized carbons (Fsp3) is 0.571. The van der Waals surface area contributed by atoms with E-state index in [1.54, 1.807) is 19.9 Å². The van der Waals surface area contributed by atoms with E-state index in [1.165, 1.54) is 17.4 Å². The minimum absolute atomic E-state index is 0.0544. The van der Waals surface area contributed by atoms with E-state index in [1.807, 2.05) is 0 Å². The van der Waals surface area contributed by atoms with Gasteiger partial charge in [-0.15, -0.1) is 0 Å². The zero-order chi connectivity index (χ0) is 22.0. The molecule has 1 aliphatic heterocycles. The number of nitrogens with zero attached hydrogens (tertiary/aromatic N) is 3. The average molecular weight is 449 g/mol. The van der Waals surface area contributed by atoms with Crippen LogP contribution in [0.3, 0.4) is 0 Å². The Morgan fingerprint density at radius 1 is 1.13 bits per heavy atom. The van der Waals surface area contributed by atoms with Gasteiger partial charge in [-0.25, -0.2) is 13.1 Å². The number of benzene rings is 1. The maximum Gasteiger partial charge on any atom is 0.265 e. The van der Waals surface area contributed by atoms with Crippen molar-refractivity contribution in [3.05, 3.63) is 29.4 Å². The number of rotatable bonds is 5. The third kappa shape index (κ3) is 4.90. The zero-order valence-electron chi connectivity index (χ0n) is 17.9. The highest BCUT2D eigenvalue weighted by Crippen LogP contribution is 2.37. The van der Waals surface area contributed by atoms with Crippen LogP contribution >= 0.6 is 0 Å². The van der Waals surface area contributed by atoms with Gasteiger partial charge in [-0.2, -0.15) is 4.98 Å². The fourth-order valence-electron chi connectivity index (χ4n) is 4.20. The molecule has 1 saturated carbocycles. The summed E-state index contributed by atoms with van der Waals surface area (Å²) < 4.78 is 39.8. The first kappa shape index (κ1) is 21.8. The number of fused-ring (bicyclic) bond motifs is 1. The molecule has 1 N–H and O–H groups in total. The first-order valence-electron chi connectivity index (χ1n) is 10.7. The molecule has 0 spiro atoms. The quantitative estimate of drug-likeness (QED) is 0.748. The summed E-state index contributed by atoms with van der Waals surface area (Å²) in [7, 11) is -3.71. The molecule has 1 amide bonds. The van der Waals surface area contributed by atoms with Crippen molar-refractivity contribution < 1.29 is 22.5 Å². The van der Waals surface area contributed by atoms with Gasteiger partial charge in [0.15, 0.2) is 12.4 Å². The van der Waals surface area contributed by atoms with Crippen molar-refractivity contribution in [2.24, 2.45) is 0 Å². The van der Waals surface area contributed by atoms with E-state index in [0.29, 0.717) is 28.7 Å². The number of ether oxygens (including phenoxy) is 1. The molecule has 1 aromatic heterocycles. The summed E-state index contributed by atoms with van der Waals surface area (Å²) in [5, 5.41) is 3.85. The first-order chi connectivity index (χ1) is 14.8. The second kappa shape index (κ2) is 8.96. The Labute approximate surface area is 182 Å². The molecule has 1 fully saturated rings. The summed E-state index contributed by atoms with van der Waals surface area (Å²) in [4.78, 5) is 18.3. The summed E-state index contributed by atoms with van der Waals surface area (Å²) in [5.41, 5.74) is 1.05. The number of carbonyl (C=O) groups excluding carboxylic acids is 1. The highest BCUT2D eigenvalue weighted by molar-refractivity contribution is 7.89. The van der Waals surface area contributed by atoms with Crippen LogP contribution in [0, 0.1) is 13.8 Å². The number of sulfonamides is 1. The third-order valence-corrected chi connectivity index (χ3v) is 7.45. The lowest BCUT2D eigenvalue weighted by molar-refractivity contribution is -0.121. The normalized spacial score (nSPS) is 18.3. The zero-order valence-corrected chi connectivity index (χ0v) is 18.7. The lowest BCUT2D eigenvalue weighted by Gasteiger charge is -2.29. The number of amides is 1. The molecular formula is C21H28N4O5S. The smallest absolute Gasteiger partial charge is 0.265 e. The van der Waals surface area contributed by atoms with Crippen molar-refractivity contribution in [2.75, 3.05) is 11.5 Å². The third-order valence-electron chi connectivity index (χ3n) is 5.79. The Kier molecular flexibility index (Phi) is 6.29. The molecule has 1 aliphatic carbocycles. The number of hydrogen-bond donors (Lipinski definition) is 1. The summed E-state index contributed by atoms with van der Waals surface area (Å²) in [6, 6.07) is 3.13. The second-order valence-electron chi connectivity index (χ2n) is 8.25. The monoisotopic (exact) mass is 448 g/mol. The molecule has 31 heavy (non-hydrogen) atoms.